The molecule has 1 atom stereocenters. The van der Waals surface area contributed by atoms with Crippen LogP contribution in [-0.4, -0.2) is 18.2 Å². The maximum absolute atomic E-state index is 13.1. The van der Waals surface area contributed by atoms with Gasteiger partial charge in [-0.3, -0.25) is 4.68 Å². The van der Waals surface area contributed by atoms with Crippen LogP contribution in [0.2, 0.25) is 0 Å². The topological polar surface area (TPSA) is 64.0 Å². The molecule has 0 fully saturated rings. The Morgan fingerprint density at radius 1 is 0.958 bits per heavy atom. The second kappa shape index (κ2) is 6.33. The Hall–Kier alpha value is -1.66. The Balaban J connectivity index is 2.51. The number of benzene rings is 1. The zero-order chi connectivity index (χ0) is 18.4. The van der Waals surface area contributed by atoms with E-state index < -0.39 is 10.0 Å². The van der Waals surface area contributed by atoms with Gasteiger partial charge in [-0.2, -0.15) is 5.10 Å². The third-order valence-corrected chi connectivity index (χ3v) is 6.86. The predicted octanol–water partition coefficient (Wildman–Crippen LogP) is 3.31. The van der Waals surface area contributed by atoms with Crippen LogP contribution in [0.3, 0.4) is 0 Å². The molecule has 0 saturated heterocycles. The van der Waals surface area contributed by atoms with E-state index in [1.165, 1.54) is 0 Å². The minimum absolute atomic E-state index is 0.343. The van der Waals surface area contributed by atoms with Crippen molar-refractivity contribution in [1.82, 2.24) is 14.5 Å². The van der Waals surface area contributed by atoms with Gasteiger partial charge in [-0.25, -0.2) is 13.1 Å². The first-order chi connectivity index (χ1) is 11.0. The number of rotatable bonds is 4. The minimum Gasteiger partial charge on any atom is -0.275 e. The van der Waals surface area contributed by atoms with Gasteiger partial charge in [0, 0.05) is 24.8 Å². The Morgan fingerprint density at radius 3 is 1.83 bits per heavy atom. The van der Waals surface area contributed by atoms with E-state index in [4.69, 9.17) is 0 Å². The summed E-state index contributed by atoms with van der Waals surface area (Å²) < 4.78 is 30.6. The van der Waals surface area contributed by atoms with Crippen molar-refractivity contribution in [3.63, 3.8) is 0 Å². The van der Waals surface area contributed by atoms with E-state index in [0.29, 0.717) is 4.90 Å². The molecule has 0 aliphatic heterocycles. The summed E-state index contributed by atoms with van der Waals surface area (Å²) in [4.78, 5) is 0.400. The molecule has 1 aromatic heterocycles. The van der Waals surface area contributed by atoms with Gasteiger partial charge in [-0.1, -0.05) is 0 Å². The molecule has 5 nitrogen and oxygen atoms in total. The van der Waals surface area contributed by atoms with Crippen molar-refractivity contribution in [3.8, 4) is 0 Å². The quantitative estimate of drug-likeness (QED) is 0.921. The van der Waals surface area contributed by atoms with Crippen LogP contribution in [0.15, 0.2) is 11.1 Å². The average Bonchev–Trinajstić information content (AvgIpc) is 2.81. The molecular formula is C18H27N3O2S. The molecule has 0 aliphatic rings. The van der Waals surface area contributed by atoms with Crippen LogP contribution in [0, 0.1) is 41.5 Å². The molecule has 24 heavy (non-hydrogen) atoms. The van der Waals surface area contributed by atoms with Gasteiger partial charge < -0.3 is 0 Å². The van der Waals surface area contributed by atoms with E-state index in [1.807, 2.05) is 61.7 Å². The molecule has 0 spiro atoms. The molecule has 132 valence electrons. The van der Waals surface area contributed by atoms with Crippen LogP contribution in [0.25, 0.3) is 0 Å². The molecule has 1 heterocycles. The van der Waals surface area contributed by atoms with E-state index in [9.17, 15) is 8.42 Å². The van der Waals surface area contributed by atoms with E-state index in [-0.39, 0.29) is 6.04 Å². The summed E-state index contributed by atoms with van der Waals surface area (Å²) in [6, 6.07) is -0.343. The number of aryl methyl sites for hydroxylation is 2. The number of nitrogens with zero attached hydrogens (tertiary/aromatic N) is 2. The van der Waals surface area contributed by atoms with Crippen LogP contribution < -0.4 is 4.72 Å². The summed E-state index contributed by atoms with van der Waals surface area (Å²) in [5.74, 6) is 0. The SMILES string of the molecule is Cc1nn(C)cc1C(C)NS(=O)(=O)c1c(C)c(C)c(C)c(C)c1C. The summed E-state index contributed by atoms with van der Waals surface area (Å²) in [7, 11) is -1.79. The molecule has 1 aromatic carbocycles. The molecule has 0 radical (unpaired) electrons. The molecular weight excluding hydrogens is 322 g/mol. The fraction of sp³-hybridized carbons (Fsp3) is 0.500. The second-order valence-corrected chi connectivity index (χ2v) is 8.29. The fourth-order valence-corrected chi connectivity index (χ4v) is 5.09. The van der Waals surface area contributed by atoms with Crippen molar-refractivity contribution in [2.45, 2.75) is 59.4 Å². The smallest absolute Gasteiger partial charge is 0.241 e. The van der Waals surface area contributed by atoms with E-state index in [0.717, 1.165) is 39.1 Å². The fourth-order valence-electron chi connectivity index (χ4n) is 3.27. The third-order valence-electron chi connectivity index (χ3n) is 5.05. The Bertz CT molecular complexity index is 866. The van der Waals surface area contributed by atoms with Gasteiger partial charge in [0.25, 0.3) is 0 Å². The summed E-state index contributed by atoms with van der Waals surface area (Å²) in [5.41, 5.74) is 6.57. The summed E-state index contributed by atoms with van der Waals surface area (Å²) >= 11 is 0. The molecule has 6 heteroatoms. The van der Waals surface area contributed by atoms with Gasteiger partial charge in [0.2, 0.25) is 10.0 Å². The monoisotopic (exact) mass is 349 g/mol. The molecule has 2 rings (SSSR count). The highest BCUT2D eigenvalue weighted by atomic mass is 32.2. The molecule has 0 bridgehead atoms. The van der Waals surface area contributed by atoms with Crippen LogP contribution in [0.1, 0.15) is 52.0 Å². The number of hydrogen-bond donors (Lipinski definition) is 1. The van der Waals surface area contributed by atoms with Crippen molar-refractivity contribution in [2.24, 2.45) is 7.05 Å². The van der Waals surface area contributed by atoms with Gasteiger partial charge in [-0.15, -0.1) is 0 Å². The van der Waals surface area contributed by atoms with E-state index in [1.54, 1.807) is 4.68 Å². The molecule has 1 unspecified atom stereocenters. The van der Waals surface area contributed by atoms with Gasteiger partial charge in [0.05, 0.1) is 10.6 Å². The van der Waals surface area contributed by atoms with E-state index in [2.05, 4.69) is 9.82 Å². The van der Waals surface area contributed by atoms with Crippen molar-refractivity contribution in [2.75, 3.05) is 0 Å². The summed E-state index contributed by atoms with van der Waals surface area (Å²) in [6.45, 7) is 13.5. The third kappa shape index (κ3) is 3.13. The predicted molar refractivity (Wildman–Crippen MR) is 96.8 cm³/mol. The van der Waals surface area contributed by atoms with Crippen molar-refractivity contribution in [3.05, 3.63) is 45.3 Å². The minimum atomic E-state index is -3.63. The molecule has 0 saturated carbocycles. The van der Waals surface area contributed by atoms with Crippen LogP contribution >= 0.6 is 0 Å². The standard InChI is InChI=1S/C18H27N3O2S/c1-10-11(2)13(4)18(14(5)12(10)3)24(22,23)20-16(7)17-9-21(8)19-15(17)6/h9,16,20H,1-8H3. The first kappa shape index (κ1) is 18.7. The number of hydrogen-bond acceptors (Lipinski definition) is 3. The highest BCUT2D eigenvalue weighted by Crippen LogP contribution is 2.30. The van der Waals surface area contributed by atoms with Crippen molar-refractivity contribution < 1.29 is 8.42 Å². The number of aromatic nitrogens is 2. The highest BCUT2D eigenvalue weighted by Gasteiger charge is 2.26. The Kier molecular flexibility index (Phi) is 4.93. The summed E-state index contributed by atoms with van der Waals surface area (Å²) in [6.07, 6.45) is 1.86. The zero-order valence-corrected chi connectivity index (χ0v) is 16.6. The van der Waals surface area contributed by atoms with Crippen LogP contribution in [-0.2, 0) is 17.1 Å². The highest BCUT2D eigenvalue weighted by molar-refractivity contribution is 7.89. The maximum atomic E-state index is 13.1. The average molecular weight is 350 g/mol. The lowest BCUT2D eigenvalue weighted by atomic mass is 9.95. The van der Waals surface area contributed by atoms with Gasteiger partial charge in [-0.05, 0) is 76.3 Å². The molecule has 1 N–H and O–H groups in total. The Labute approximate surface area is 145 Å². The largest absolute Gasteiger partial charge is 0.275 e. The maximum Gasteiger partial charge on any atom is 0.241 e. The lowest BCUT2D eigenvalue weighted by Gasteiger charge is -2.21. The van der Waals surface area contributed by atoms with Gasteiger partial charge in [0.1, 0.15) is 0 Å². The Morgan fingerprint density at radius 2 is 1.42 bits per heavy atom. The zero-order valence-electron chi connectivity index (χ0n) is 15.8. The number of sulfonamides is 1. The second-order valence-electron chi connectivity index (χ2n) is 6.64. The van der Waals surface area contributed by atoms with E-state index >= 15 is 0 Å². The van der Waals surface area contributed by atoms with Crippen LogP contribution in [0.4, 0.5) is 0 Å². The van der Waals surface area contributed by atoms with Crippen molar-refractivity contribution >= 4 is 10.0 Å². The first-order valence-corrected chi connectivity index (χ1v) is 9.55. The number of nitrogens with one attached hydrogen (secondary N) is 1. The van der Waals surface area contributed by atoms with Gasteiger partial charge >= 0.3 is 0 Å². The lowest BCUT2D eigenvalue weighted by Crippen LogP contribution is -2.29. The van der Waals surface area contributed by atoms with Crippen LogP contribution in [0.5, 0.6) is 0 Å². The molecule has 0 amide bonds. The van der Waals surface area contributed by atoms with Gasteiger partial charge in [0.15, 0.2) is 0 Å². The normalized spacial score (nSPS) is 13.3. The molecule has 0 aliphatic carbocycles. The lowest BCUT2D eigenvalue weighted by molar-refractivity contribution is 0.565. The van der Waals surface area contributed by atoms with Crippen molar-refractivity contribution in [1.29, 1.82) is 0 Å². The summed E-state index contributed by atoms with van der Waals surface area (Å²) in [5, 5.41) is 4.29. The first-order valence-electron chi connectivity index (χ1n) is 8.06. The molecule has 2 aromatic rings.